The summed E-state index contributed by atoms with van der Waals surface area (Å²) in [7, 11) is 0. The number of aromatic nitrogens is 3. The zero-order valence-corrected chi connectivity index (χ0v) is 13.0. The summed E-state index contributed by atoms with van der Waals surface area (Å²) in [5.41, 5.74) is 0. The maximum absolute atomic E-state index is 5.50. The Morgan fingerprint density at radius 1 is 1.26 bits per heavy atom. The molecule has 0 fully saturated rings. The molecule has 0 spiro atoms. The van der Waals surface area contributed by atoms with Gasteiger partial charge in [0, 0.05) is 12.0 Å². The van der Waals surface area contributed by atoms with Gasteiger partial charge in [-0.25, -0.2) is 15.0 Å². The molecule has 102 valence electrons. The van der Waals surface area contributed by atoms with Gasteiger partial charge in [-0.05, 0) is 29.8 Å². The van der Waals surface area contributed by atoms with E-state index in [4.69, 9.17) is 4.42 Å². The van der Waals surface area contributed by atoms with Gasteiger partial charge in [0.2, 0.25) is 5.89 Å². The quantitative estimate of drug-likeness (QED) is 0.866. The number of rotatable bonds is 4. The molecule has 1 unspecified atom stereocenters. The molecule has 1 atom stereocenters. The van der Waals surface area contributed by atoms with Crippen molar-refractivity contribution in [3.05, 3.63) is 34.3 Å². The van der Waals surface area contributed by atoms with Crippen molar-refractivity contribution in [2.45, 2.75) is 39.7 Å². The fourth-order valence-electron chi connectivity index (χ4n) is 1.62. The van der Waals surface area contributed by atoms with Gasteiger partial charge in [-0.1, -0.05) is 13.8 Å². The third-order valence-corrected chi connectivity index (χ3v) is 3.01. The molecule has 5 nitrogen and oxygen atoms in total. The molecule has 1 N–H and O–H groups in total. The molecule has 2 aromatic rings. The molecule has 2 heterocycles. The lowest BCUT2D eigenvalue weighted by Gasteiger charge is -2.13. The maximum atomic E-state index is 5.50. The van der Waals surface area contributed by atoms with Crippen molar-refractivity contribution in [2.24, 2.45) is 0 Å². The third-order valence-electron chi connectivity index (χ3n) is 2.60. The first kappa shape index (κ1) is 14.0. The molecule has 0 aliphatic carbocycles. The fraction of sp³-hybridized carbons (Fsp3) is 0.462. The first-order valence-electron chi connectivity index (χ1n) is 6.19. The van der Waals surface area contributed by atoms with Gasteiger partial charge in [-0.3, -0.25) is 0 Å². The lowest BCUT2D eigenvalue weighted by atomic mass is 10.2. The third kappa shape index (κ3) is 3.53. The summed E-state index contributed by atoms with van der Waals surface area (Å²) in [6.07, 6.45) is 1.71. The highest BCUT2D eigenvalue weighted by Gasteiger charge is 2.13. The van der Waals surface area contributed by atoms with Crippen LogP contribution in [-0.4, -0.2) is 15.0 Å². The number of hydrogen-bond donors (Lipinski definition) is 1. The molecule has 0 saturated heterocycles. The van der Waals surface area contributed by atoms with E-state index in [1.54, 1.807) is 6.20 Å². The van der Waals surface area contributed by atoms with Crippen molar-refractivity contribution in [3.8, 4) is 0 Å². The van der Waals surface area contributed by atoms with E-state index in [0.29, 0.717) is 5.89 Å². The van der Waals surface area contributed by atoms with Gasteiger partial charge in [0.05, 0.1) is 6.20 Å². The Morgan fingerprint density at radius 3 is 2.58 bits per heavy atom. The van der Waals surface area contributed by atoms with Crippen LogP contribution in [0.2, 0.25) is 0 Å². The normalized spacial score (nSPS) is 12.7. The van der Waals surface area contributed by atoms with Crippen LogP contribution in [0.3, 0.4) is 0 Å². The van der Waals surface area contributed by atoms with Gasteiger partial charge in [-0.15, -0.1) is 0 Å². The molecule has 0 radical (unpaired) electrons. The Kier molecular flexibility index (Phi) is 4.19. The molecule has 0 bridgehead atoms. The molecule has 0 saturated carbocycles. The van der Waals surface area contributed by atoms with Crippen molar-refractivity contribution in [3.63, 3.8) is 0 Å². The average molecular weight is 325 g/mol. The molecule has 6 heteroatoms. The van der Waals surface area contributed by atoms with Gasteiger partial charge in [0.25, 0.3) is 0 Å². The Morgan fingerprint density at radius 2 is 2.00 bits per heavy atom. The first-order chi connectivity index (χ1) is 8.95. The number of hydrogen-bond acceptors (Lipinski definition) is 5. The highest BCUT2D eigenvalue weighted by molar-refractivity contribution is 9.10. The Bertz CT molecular complexity index is 568. The van der Waals surface area contributed by atoms with E-state index in [1.165, 1.54) is 0 Å². The second-order valence-corrected chi connectivity index (χ2v) is 5.58. The minimum Gasteiger partial charge on any atom is -0.444 e. The second-order valence-electron chi connectivity index (χ2n) is 4.76. The van der Waals surface area contributed by atoms with Crippen LogP contribution >= 0.6 is 15.9 Å². The highest BCUT2D eigenvalue weighted by Crippen LogP contribution is 2.21. The standard InChI is InChI=1S/C13H17BrN4O/c1-7(2)12-17-10(14)5-11(18-12)16-9(4)13-15-6-8(3)19-13/h5-7,9H,1-4H3,(H,16,17,18). The summed E-state index contributed by atoms with van der Waals surface area (Å²) in [6, 6.07) is 1.80. The smallest absolute Gasteiger partial charge is 0.216 e. The largest absolute Gasteiger partial charge is 0.444 e. The Hall–Kier alpha value is -1.43. The molecule has 0 aliphatic rings. The van der Waals surface area contributed by atoms with E-state index >= 15 is 0 Å². The maximum Gasteiger partial charge on any atom is 0.216 e. The van der Waals surface area contributed by atoms with E-state index in [0.717, 1.165) is 22.0 Å². The number of oxazole rings is 1. The summed E-state index contributed by atoms with van der Waals surface area (Å²) < 4.78 is 6.26. The van der Waals surface area contributed by atoms with E-state index in [2.05, 4.69) is 50.0 Å². The Balaban J connectivity index is 2.18. The lowest BCUT2D eigenvalue weighted by molar-refractivity contribution is 0.453. The van der Waals surface area contributed by atoms with E-state index in [-0.39, 0.29) is 12.0 Å². The summed E-state index contributed by atoms with van der Waals surface area (Å²) in [6.45, 7) is 7.98. The topological polar surface area (TPSA) is 63.8 Å². The molecule has 2 rings (SSSR count). The van der Waals surface area contributed by atoms with Crippen molar-refractivity contribution in [1.29, 1.82) is 0 Å². The van der Waals surface area contributed by atoms with Crippen LogP contribution in [-0.2, 0) is 0 Å². The van der Waals surface area contributed by atoms with Crippen LogP contribution < -0.4 is 5.32 Å². The van der Waals surface area contributed by atoms with Crippen molar-refractivity contribution < 1.29 is 4.42 Å². The van der Waals surface area contributed by atoms with Crippen molar-refractivity contribution in [1.82, 2.24) is 15.0 Å². The van der Waals surface area contributed by atoms with Crippen LogP contribution in [0.5, 0.6) is 0 Å². The molecular weight excluding hydrogens is 308 g/mol. The summed E-state index contributed by atoms with van der Waals surface area (Å²) >= 11 is 3.40. The summed E-state index contributed by atoms with van der Waals surface area (Å²) in [5.74, 6) is 3.28. The summed E-state index contributed by atoms with van der Waals surface area (Å²) in [5, 5.41) is 3.27. The van der Waals surface area contributed by atoms with Crippen LogP contribution in [0.15, 0.2) is 21.3 Å². The number of halogens is 1. The zero-order chi connectivity index (χ0) is 14.0. The van der Waals surface area contributed by atoms with Gasteiger partial charge in [-0.2, -0.15) is 0 Å². The summed E-state index contributed by atoms with van der Waals surface area (Å²) in [4.78, 5) is 13.0. The molecule has 0 amide bonds. The van der Waals surface area contributed by atoms with Gasteiger partial charge < -0.3 is 9.73 Å². The van der Waals surface area contributed by atoms with Crippen molar-refractivity contribution >= 4 is 21.7 Å². The number of nitrogens with one attached hydrogen (secondary N) is 1. The van der Waals surface area contributed by atoms with Gasteiger partial charge in [0.1, 0.15) is 28.0 Å². The van der Waals surface area contributed by atoms with E-state index in [1.807, 2.05) is 19.9 Å². The van der Waals surface area contributed by atoms with Crippen LogP contribution in [0.1, 0.15) is 50.2 Å². The van der Waals surface area contributed by atoms with Crippen LogP contribution in [0.4, 0.5) is 5.82 Å². The lowest BCUT2D eigenvalue weighted by Crippen LogP contribution is -2.10. The molecule has 19 heavy (non-hydrogen) atoms. The number of aryl methyl sites for hydroxylation is 1. The SMILES string of the molecule is Cc1cnc(C(C)Nc2cc(Br)nc(C(C)C)n2)o1. The monoisotopic (exact) mass is 324 g/mol. The number of anilines is 1. The number of nitrogens with zero attached hydrogens (tertiary/aromatic N) is 3. The Labute approximate surface area is 121 Å². The minimum absolute atomic E-state index is 0.0458. The van der Waals surface area contributed by atoms with Crippen LogP contribution in [0.25, 0.3) is 0 Å². The van der Waals surface area contributed by atoms with Gasteiger partial charge >= 0.3 is 0 Å². The van der Waals surface area contributed by atoms with Crippen LogP contribution in [0, 0.1) is 6.92 Å². The molecule has 0 aromatic carbocycles. The second kappa shape index (κ2) is 5.69. The fourth-order valence-corrected chi connectivity index (χ4v) is 2.02. The van der Waals surface area contributed by atoms with Crippen molar-refractivity contribution in [2.75, 3.05) is 5.32 Å². The molecule has 2 aromatic heterocycles. The predicted octanol–water partition coefficient (Wildman–Crippen LogP) is 3.83. The zero-order valence-electron chi connectivity index (χ0n) is 11.4. The highest BCUT2D eigenvalue weighted by atomic mass is 79.9. The molecule has 0 aliphatic heterocycles. The van der Waals surface area contributed by atoms with E-state index < -0.39 is 0 Å². The predicted molar refractivity (Wildman–Crippen MR) is 77.1 cm³/mol. The first-order valence-corrected chi connectivity index (χ1v) is 6.98. The molecular formula is C13H17BrN4O. The minimum atomic E-state index is -0.0458. The van der Waals surface area contributed by atoms with Gasteiger partial charge in [0.15, 0.2) is 0 Å². The average Bonchev–Trinajstić information content (AvgIpc) is 2.75. The van der Waals surface area contributed by atoms with E-state index in [9.17, 15) is 0 Å².